The van der Waals surface area contributed by atoms with Crippen LogP contribution in [0.3, 0.4) is 0 Å². The second-order valence-electron chi connectivity index (χ2n) is 5.11. The molecule has 1 aliphatic rings. The Morgan fingerprint density at radius 3 is 3.05 bits per heavy atom. The Morgan fingerprint density at radius 2 is 2.20 bits per heavy atom. The van der Waals surface area contributed by atoms with Crippen LogP contribution in [0.25, 0.3) is 10.9 Å². The molecule has 2 N–H and O–H groups in total. The van der Waals surface area contributed by atoms with Crippen LogP contribution >= 0.6 is 0 Å². The molecule has 104 valence electrons. The first-order chi connectivity index (χ1) is 9.66. The van der Waals surface area contributed by atoms with E-state index in [2.05, 4.69) is 10.3 Å². The van der Waals surface area contributed by atoms with Crippen LogP contribution in [-0.4, -0.2) is 47.3 Å². The fourth-order valence-electron chi connectivity index (χ4n) is 2.62. The summed E-state index contributed by atoms with van der Waals surface area (Å²) >= 11 is 0. The van der Waals surface area contributed by atoms with Crippen molar-refractivity contribution in [3.63, 3.8) is 0 Å². The third kappa shape index (κ3) is 2.20. The molecule has 1 atom stereocenters. The van der Waals surface area contributed by atoms with Gasteiger partial charge >= 0.3 is 0 Å². The van der Waals surface area contributed by atoms with Crippen molar-refractivity contribution in [3.05, 3.63) is 36.0 Å². The van der Waals surface area contributed by atoms with Crippen molar-refractivity contribution in [2.45, 2.75) is 13.0 Å². The molecule has 1 fully saturated rings. The van der Waals surface area contributed by atoms with Gasteiger partial charge in [0.05, 0.1) is 12.6 Å². The lowest BCUT2D eigenvalue weighted by molar-refractivity contribution is -0.127. The first kappa shape index (κ1) is 12.9. The van der Waals surface area contributed by atoms with Crippen molar-refractivity contribution in [1.29, 1.82) is 0 Å². The van der Waals surface area contributed by atoms with E-state index in [1.807, 2.05) is 36.1 Å². The minimum Gasteiger partial charge on any atom is -0.360 e. The molecule has 1 saturated heterocycles. The molecule has 1 amide bonds. The van der Waals surface area contributed by atoms with Crippen LogP contribution in [0.4, 0.5) is 0 Å². The van der Waals surface area contributed by atoms with E-state index >= 15 is 0 Å². The maximum Gasteiger partial charge on any atom is 0.237 e. The van der Waals surface area contributed by atoms with Gasteiger partial charge in [-0.05, 0) is 13.0 Å². The van der Waals surface area contributed by atoms with Crippen molar-refractivity contribution >= 4 is 22.6 Å². The second-order valence-corrected chi connectivity index (χ2v) is 5.11. The first-order valence-corrected chi connectivity index (χ1v) is 6.78. The molecule has 3 rings (SSSR count). The Bertz CT molecular complexity index is 662. The van der Waals surface area contributed by atoms with Crippen molar-refractivity contribution < 1.29 is 9.59 Å². The molecule has 0 radical (unpaired) electrons. The Balaban J connectivity index is 1.81. The number of rotatable bonds is 3. The zero-order chi connectivity index (χ0) is 14.1. The average Bonchev–Trinajstić information content (AvgIpc) is 2.88. The molecule has 5 nitrogen and oxygen atoms in total. The third-order valence-electron chi connectivity index (χ3n) is 3.86. The number of Topliss-reactive ketones (excluding diaryl/α,β-unsaturated/α-hetero) is 1. The number of carbonyl (C=O) groups is 2. The number of nitrogens with zero attached hydrogens (tertiary/aromatic N) is 1. The maximum absolute atomic E-state index is 12.4. The zero-order valence-electron chi connectivity index (χ0n) is 11.3. The third-order valence-corrected chi connectivity index (χ3v) is 3.86. The molecule has 20 heavy (non-hydrogen) atoms. The number of hydrogen-bond donors (Lipinski definition) is 2. The van der Waals surface area contributed by atoms with E-state index in [0.29, 0.717) is 18.7 Å². The Morgan fingerprint density at radius 1 is 1.40 bits per heavy atom. The normalized spacial score (nSPS) is 20.1. The molecule has 2 aromatic rings. The smallest absolute Gasteiger partial charge is 0.237 e. The van der Waals surface area contributed by atoms with Gasteiger partial charge in [-0.1, -0.05) is 18.2 Å². The summed E-state index contributed by atoms with van der Waals surface area (Å²) in [7, 11) is 0. The van der Waals surface area contributed by atoms with Gasteiger partial charge in [-0.2, -0.15) is 0 Å². The Labute approximate surface area is 117 Å². The topological polar surface area (TPSA) is 65.2 Å². The summed E-state index contributed by atoms with van der Waals surface area (Å²) in [5.74, 6) is 0.0342. The maximum atomic E-state index is 12.4. The molecule has 0 bridgehead atoms. The quantitative estimate of drug-likeness (QED) is 0.824. The fourth-order valence-corrected chi connectivity index (χ4v) is 2.62. The monoisotopic (exact) mass is 271 g/mol. The van der Waals surface area contributed by atoms with Crippen molar-refractivity contribution in [3.8, 4) is 0 Å². The Kier molecular flexibility index (Phi) is 3.28. The number of fused-ring (bicyclic) bond motifs is 1. The van der Waals surface area contributed by atoms with E-state index in [1.165, 1.54) is 0 Å². The zero-order valence-corrected chi connectivity index (χ0v) is 11.3. The predicted molar refractivity (Wildman–Crippen MR) is 76.7 cm³/mol. The number of amides is 1. The van der Waals surface area contributed by atoms with Crippen LogP contribution < -0.4 is 5.32 Å². The molecule has 1 aromatic carbocycles. The van der Waals surface area contributed by atoms with Gasteiger partial charge in [0.15, 0.2) is 5.78 Å². The van der Waals surface area contributed by atoms with Gasteiger partial charge in [-0.3, -0.25) is 14.5 Å². The van der Waals surface area contributed by atoms with Crippen LogP contribution in [0.1, 0.15) is 17.3 Å². The largest absolute Gasteiger partial charge is 0.360 e. The number of nitrogens with one attached hydrogen (secondary N) is 2. The molecular weight excluding hydrogens is 254 g/mol. The van der Waals surface area contributed by atoms with Gasteiger partial charge in [-0.15, -0.1) is 0 Å². The van der Waals surface area contributed by atoms with Gasteiger partial charge in [0, 0.05) is 35.8 Å². The second kappa shape index (κ2) is 5.09. The van der Waals surface area contributed by atoms with Crippen LogP contribution in [-0.2, 0) is 4.79 Å². The van der Waals surface area contributed by atoms with Gasteiger partial charge in [0.1, 0.15) is 0 Å². The van der Waals surface area contributed by atoms with Gasteiger partial charge in [0.2, 0.25) is 5.91 Å². The SMILES string of the molecule is CC1C(=O)NCCN1CC(=O)c1c[nH]c2ccccc12. The lowest BCUT2D eigenvalue weighted by atomic mass is 10.1. The highest BCUT2D eigenvalue weighted by Gasteiger charge is 2.27. The average molecular weight is 271 g/mol. The summed E-state index contributed by atoms with van der Waals surface area (Å²) in [6.07, 6.45) is 1.75. The summed E-state index contributed by atoms with van der Waals surface area (Å²) in [6.45, 7) is 3.42. The molecule has 0 saturated carbocycles. The van der Waals surface area contributed by atoms with E-state index in [1.54, 1.807) is 6.20 Å². The van der Waals surface area contributed by atoms with Crippen molar-refractivity contribution in [2.24, 2.45) is 0 Å². The number of carbonyl (C=O) groups excluding carboxylic acids is 2. The van der Waals surface area contributed by atoms with E-state index < -0.39 is 0 Å². The highest BCUT2D eigenvalue weighted by Crippen LogP contribution is 2.19. The van der Waals surface area contributed by atoms with E-state index in [9.17, 15) is 9.59 Å². The number of H-pyrrole nitrogens is 1. The van der Waals surface area contributed by atoms with E-state index in [4.69, 9.17) is 0 Å². The van der Waals surface area contributed by atoms with E-state index in [-0.39, 0.29) is 24.3 Å². The predicted octanol–water partition coefficient (Wildman–Crippen LogP) is 1.17. The number of piperazine rings is 1. The molecule has 1 aliphatic heterocycles. The van der Waals surface area contributed by atoms with Crippen LogP contribution in [0.5, 0.6) is 0 Å². The molecule has 5 heteroatoms. The molecule has 0 spiro atoms. The number of benzene rings is 1. The van der Waals surface area contributed by atoms with Gasteiger partial charge in [0.25, 0.3) is 0 Å². The highest BCUT2D eigenvalue weighted by atomic mass is 16.2. The number of hydrogen-bond acceptors (Lipinski definition) is 3. The lowest BCUT2D eigenvalue weighted by Gasteiger charge is -2.31. The number of aromatic nitrogens is 1. The van der Waals surface area contributed by atoms with E-state index in [0.717, 1.165) is 10.9 Å². The minimum absolute atomic E-state index is 0.0111. The molecule has 0 aliphatic carbocycles. The number of ketones is 1. The summed E-state index contributed by atoms with van der Waals surface area (Å²) < 4.78 is 0. The number of aromatic amines is 1. The van der Waals surface area contributed by atoms with Gasteiger partial charge in [-0.25, -0.2) is 0 Å². The summed E-state index contributed by atoms with van der Waals surface area (Å²) in [6, 6.07) is 7.49. The summed E-state index contributed by atoms with van der Waals surface area (Å²) in [4.78, 5) is 29.1. The molecule has 1 aromatic heterocycles. The molecule has 1 unspecified atom stereocenters. The van der Waals surface area contributed by atoms with Crippen LogP contribution in [0.2, 0.25) is 0 Å². The Hall–Kier alpha value is -2.14. The highest BCUT2D eigenvalue weighted by molar-refractivity contribution is 6.08. The van der Waals surface area contributed by atoms with Crippen LogP contribution in [0, 0.1) is 0 Å². The number of para-hydroxylation sites is 1. The molecule has 2 heterocycles. The first-order valence-electron chi connectivity index (χ1n) is 6.78. The van der Waals surface area contributed by atoms with Crippen molar-refractivity contribution in [2.75, 3.05) is 19.6 Å². The fraction of sp³-hybridized carbons (Fsp3) is 0.333. The minimum atomic E-state index is -0.252. The molecular formula is C15H17N3O2. The standard InChI is InChI=1S/C15H17N3O2/c1-10-15(20)16-6-7-18(10)9-14(19)12-8-17-13-5-3-2-4-11(12)13/h2-5,8,10,17H,6-7,9H2,1H3,(H,16,20). The van der Waals surface area contributed by atoms with Crippen LogP contribution in [0.15, 0.2) is 30.5 Å². The van der Waals surface area contributed by atoms with Gasteiger partial charge < -0.3 is 10.3 Å². The summed E-state index contributed by atoms with van der Waals surface area (Å²) in [5, 5.41) is 3.74. The lowest BCUT2D eigenvalue weighted by Crippen LogP contribution is -2.55. The van der Waals surface area contributed by atoms with Crippen molar-refractivity contribution in [1.82, 2.24) is 15.2 Å². The summed E-state index contributed by atoms with van der Waals surface area (Å²) in [5.41, 5.74) is 1.65.